The van der Waals surface area contributed by atoms with Crippen molar-refractivity contribution in [3.63, 3.8) is 0 Å². The molecule has 2 rings (SSSR count). The molecule has 1 aromatic heterocycles. The fourth-order valence-corrected chi connectivity index (χ4v) is 2.69. The summed E-state index contributed by atoms with van der Waals surface area (Å²) in [6.07, 6.45) is 0.936. The average molecular weight is 314 g/mol. The predicted octanol–water partition coefficient (Wildman–Crippen LogP) is 3.81. The van der Waals surface area contributed by atoms with Gasteiger partial charge in [-0.05, 0) is 24.1 Å². The van der Waals surface area contributed by atoms with E-state index in [0.29, 0.717) is 24.3 Å². The molecule has 1 aromatic carbocycles. The van der Waals surface area contributed by atoms with Gasteiger partial charge in [-0.1, -0.05) is 26.0 Å². The SMILES string of the molecule is CC(C)c1nc(COC(=O)CCc2ccc(C#N)cc2)cs1. The van der Waals surface area contributed by atoms with E-state index in [1.807, 2.05) is 17.5 Å². The molecule has 0 amide bonds. The van der Waals surface area contributed by atoms with Crippen molar-refractivity contribution in [1.82, 2.24) is 4.98 Å². The van der Waals surface area contributed by atoms with Crippen molar-refractivity contribution in [3.8, 4) is 6.07 Å². The van der Waals surface area contributed by atoms with Crippen molar-refractivity contribution in [3.05, 3.63) is 51.5 Å². The first-order valence-electron chi connectivity index (χ1n) is 7.17. The Hall–Kier alpha value is -2.19. The molecule has 0 radical (unpaired) electrons. The number of hydrogen-bond donors (Lipinski definition) is 0. The van der Waals surface area contributed by atoms with Crippen molar-refractivity contribution in [2.24, 2.45) is 0 Å². The standard InChI is InChI=1S/C17H18N2O2S/c1-12(2)17-19-15(11-22-17)10-21-16(20)8-7-13-3-5-14(9-18)6-4-13/h3-6,11-12H,7-8,10H2,1-2H3. The zero-order chi connectivity index (χ0) is 15.9. The minimum atomic E-state index is -0.233. The Morgan fingerprint density at radius 1 is 1.36 bits per heavy atom. The van der Waals surface area contributed by atoms with Crippen LogP contribution in [0.3, 0.4) is 0 Å². The van der Waals surface area contributed by atoms with Gasteiger partial charge in [-0.3, -0.25) is 4.79 Å². The third-order valence-electron chi connectivity index (χ3n) is 3.15. The van der Waals surface area contributed by atoms with Gasteiger partial charge in [0.1, 0.15) is 6.61 Å². The number of nitrogens with zero attached hydrogens (tertiary/aromatic N) is 2. The number of aryl methyl sites for hydroxylation is 1. The monoisotopic (exact) mass is 314 g/mol. The van der Waals surface area contributed by atoms with Crippen LogP contribution in [0.2, 0.25) is 0 Å². The second-order valence-electron chi connectivity index (χ2n) is 5.30. The summed E-state index contributed by atoms with van der Waals surface area (Å²) in [5, 5.41) is 11.7. The van der Waals surface area contributed by atoms with Gasteiger partial charge in [0.2, 0.25) is 0 Å². The smallest absolute Gasteiger partial charge is 0.306 e. The van der Waals surface area contributed by atoms with E-state index in [4.69, 9.17) is 10.00 Å². The molecule has 0 atom stereocenters. The molecular formula is C17H18N2O2S. The van der Waals surface area contributed by atoms with Gasteiger partial charge in [-0.2, -0.15) is 5.26 Å². The number of thiazole rings is 1. The third kappa shape index (κ3) is 4.68. The maximum Gasteiger partial charge on any atom is 0.306 e. The van der Waals surface area contributed by atoms with Crippen LogP contribution in [-0.2, 0) is 22.6 Å². The lowest BCUT2D eigenvalue weighted by atomic mass is 10.1. The number of carbonyl (C=O) groups is 1. The largest absolute Gasteiger partial charge is 0.459 e. The number of hydrogen-bond acceptors (Lipinski definition) is 5. The summed E-state index contributed by atoms with van der Waals surface area (Å²) in [6.45, 7) is 4.41. The number of benzene rings is 1. The highest BCUT2D eigenvalue weighted by Crippen LogP contribution is 2.19. The summed E-state index contributed by atoms with van der Waals surface area (Å²) in [5.74, 6) is 0.161. The molecule has 0 aliphatic heterocycles. The van der Waals surface area contributed by atoms with Crippen LogP contribution >= 0.6 is 11.3 Å². The van der Waals surface area contributed by atoms with Crippen LogP contribution in [0, 0.1) is 11.3 Å². The highest BCUT2D eigenvalue weighted by molar-refractivity contribution is 7.09. The number of aromatic nitrogens is 1. The normalized spacial score (nSPS) is 10.5. The quantitative estimate of drug-likeness (QED) is 0.761. The van der Waals surface area contributed by atoms with Crippen LogP contribution in [0.15, 0.2) is 29.6 Å². The van der Waals surface area contributed by atoms with Crippen LogP contribution in [0.25, 0.3) is 0 Å². The van der Waals surface area contributed by atoms with Crippen molar-refractivity contribution in [2.75, 3.05) is 0 Å². The van der Waals surface area contributed by atoms with E-state index in [1.54, 1.807) is 23.5 Å². The van der Waals surface area contributed by atoms with E-state index in [2.05, 4.69) is 24.9 Å². The zero-order valence-electron chi connectivity index (χ0n) is 12.7. The molecule has 0 fully saturated rings. The molecule has 22 heavy (non-hydrogen) atoms. The molecule has 0 spiro atoms. The molecule has 0 N–H and O–H groups in total. The minimum Gasteiger partial charge on any atom is -0.459 e. The van der Waals surface area contributed by atoms with Gasteiger partial charge in [0.25, 0.3) is 0 Å². The Bertz CT molecular complexity index is 669. The Morgan fingerprint density at radius 3 is 2.68 bits per heavy atom. The van der Waals surface area contributed by atoms with Gasteiger partial charge in [-0.15, -0.1) is 11.3 Å². The Morgan fingerprint density at radius 2 is 2.09 bits per heavy atom. The predicted molar refractivity (Wildman–Crippen MR) is 85.5 cm³/mol. The topological polar surface area (TPSA) is 63.0 Å². The average Bonchev–Trinajstić information content (AvgIpc) is 3.00. The lowest BCUT2D eigenvalue weighted by molar-refractivity contribution is -0.145. The highest BCUT2D eigenvalue weighted by atomic mass is 32.1. The van der Waals surface area contributed by atoms with Gasteiger partial charge in [0.05, 0.1) is 22.3 Å². The lowest BCUT2D eigenvalue weighted by Crippen LogP contribution is -2.06. The minimum absolute atomic E-state index is 0.232. The first kappa shape index (κ1) is 16.2. The van der Waals surface area contributed by atoms with E-state index in [-0.39, 0.29) is 12.6 Å². The van der Waals surface area contributed by atoms with E-state index < -0.39 is 0 Å². The summed E-state index contributed by atoms with van der Waals surface area (Å²) in [5.41, 5.74) is 2.45. The summed E-state index contributed by atoms with van der Waals surface area (Å²) in [6, 6.07) is 9.30. The lowest BCUT2D eigenvalue weighted by Gasteiger charge is -2.03. The van der Waals surface area contributed by atoms with Crippen LogP contribution in [0.4, 0.5) is 0 Å². The van der Waals surface area contributed by atoms with Crippen molar-refractivity contribution >= 4 is 17.3 Å². The Labute approximate surface area is 134 Å². The maximum absolute atomic E-state index is 11.8. The molecule has 2 aromatic rings. The number of carbonyl (C=O) groups excluding carboxylic acids is 1. The highest BCUT2D eigenvalue weighted by Gasteiger charge is 2.09. The van der Waals surface area contributed by atoms with Crippen LogP contribution in [-0.4, -0.2) is 11.0 Å². The number of esters is 1. The molecule has 5 heteroatoms. The second-order valence-corrected chi connectivity index (χ2v) is 6.19. The molecule has 0 aliphatic carbocycles. The Balaban J connectivity index is 1.76. The molecule has 1 heterocycles. The zero-order valence-corrected chi connectivity index (χ0v) is 13.5. The van der Waals surface area contributed by atoms with Crippen LogP contribution < -0.4 is 0 Å². The van der Waals surface area contributed by atoms with E-state index >= 15 is 0 Å². The molecule has 4 nitrogen and oxygen atoms in total. The van der Waals surface area contributed by atoms with E-state index in [1.165, 1.54) is 0 Å². The molecule has 0 saturated heterocycles. The van der Waals surface area contributed by atoms with Gasteiger partial charge < -0.3 is 4.74 Å². The van der Waals surface area contributed by atoms with Gasteiger partial charge in [-0.25, -0.2) is 4.98 Å². The summed E-state index contributed by atoms with van der Waals surface area (Å²) in [4.78, 5) is 16.2. The fraction of sp³-hybridized carbons (Fsp3) is 0.353. The van der Waals surface area contributed by atoms with E-state index in [0.717, 1.165) is 16.3 Å². The van der Waals surface area contributed by atoms with Crippen LogP contribution in [0.1, 0.15) is 48.0 Å². The molecule has 0 bridgehead atoms. The first-order chi connectivity index (χ1) is 10.6. The van der Waals surface area contributed by atoms with Gasteiger partial charge in [0.15, 0.2) is 0 Å². The van der Waals surface area contributed by atoms with Gasteiger partial charge >= 0.3 is 5.97 Å². The summed E-state index contributed by atoms with van der Waals surface area (Å²) in [7, 11) is 0. The van der Waals surface area contributed by atoms with Crippen molar-refractivity contribution in [1.29, 1.82) is 5.26 Å². The molecular weight excluding hydrogens is 296 g/mol. The Kier molecular flexibility index (Phi) is 5.68. The summed E-state index contributed by atoms with van der Waals surface area (Å²) >= 11 is 1.59. The molecule has 114 valence electrons. The maximum atomic E-state index is 11.8. The molecule has 0 aliphatic rings. The molecule has 0 unspecified atom stereocenters. The molecule has 0 saturated carbocycles. The van der Waals surface area contributed by atoms with Crippen molar-refractivity contribution in [2.45, 2.75) is 39.2 Å². The van der Waals surface area contributed by atoms with E-state index in [9.17, 15) is 4.79 Å². The fourth-order valence-electron chi connectivity index (χ4n) is 1.87. The first-order valence-corrected chi connectivity index (χ1v) is 8.05. The van der Waals surface area contributed by atoms with Gasteiger partial charge in [0, 0.05) is 17.7 Å². The number of ether oxygens (including phenoxy) is 1. The second kappa shape index (κ2) is 7.71. The van der Waals surface area contributed by atoms with Crippen LogP contribution in [0.5, 0.6) is 0 Å². The number of rotatable bonds is 6. The van der Waals surface area contributed by atoms with Crippen molar-refractivity contribution < 1.29 is 9.53 Å². The third-order valence-corrected chi connectivity index (χ3v) is 4.34. The number of nitriles is 1. The summed E-state index contributed by atoms with van der Waals surface area (Å²) < 4.78 is 5.24.